The average molecular weight is 673 g/mol. The maximum Gasteiger partial charge on any atom is 0.243 e. The van der Waals surface area contributed by atoms with Crippen molar-refractivity contribution in [2.45, 2.75) is 145 Å². The summed E-state index contributed by atoms with van der Waals surface area (Å²) in [4.78, 5) is 48.6. The van der Waals surface area contributed by atoms with Crippen LogP contribution >= 0.6 is 0 Å². The third kappa shape index (κ3) is 8.89. The summed E-state index contributed by atoms with van der Waals surface area (Å²) < 4.78 is 0. The van der Waals surface area contributed by atoms with E-state index >= 15 is 0 Å². The van der Waals surface area contributed by atoms with Crippen LogP contribution in [0.3, 0.4) is 0 Å². The summed E-state index contributed by atoms with van der Waals surface area (Å²) in [6.07, 6.45) is 12.4. The Kier molecular flexibility index (Phi) is 12.0. The van der Waals surface area contributed by atoms with Gasteiger partial charge in [-0.3, -0.25) is 29.9 Å². The Bertz CT molecular complexity index is 1380. The Labute approximate surface area is 291 Å². The highest BCUT2D eigenvalue weighted by Crippen LogP contribution is 2.35. The van der Waals surface area contributed by atoms with Crippen LogP contribution in [0.15, 0.2) is 60.7 Å². The molecule has 3 aliphatic heterocycles. The van der Waals surface area contributed by atoms with Crippen LogP contribution in [-0.2, 0) is 25.6 Å². The molecule has 49 heavy (non-hydrogen) atoms. The second kappa shape index (κ2) is 16.6. The molecule has 1 saturated carbocycles. The van der Waals surface area contributed by atoms with Gasteiger partial charge in [-0.05, 0) is 57.1 Å². The van der Waals surface area contributed by atoms with Crippen LogP contribution < -0.4 is 26.7 Å². The molecule has 10 heteroatoms. The van der Waals surface area contributed by atoms with E-state index in [1.54, 1.807) is 0 Å². The van der Waals surface area contributed by atoms with E-state index in [4.69, 9.17) is 4.84 Å². The first kappa shape index (κ1) is 35.5. The summed E-state index contributed by atoms with van der Waals surface area (Å²) in [7, 11) is 0. The molecule has 4 aliphatic rings. The lowest BCUT2D eigenvalue weighted by atomic mass is 9.79. The topological polar surface area (TPSA) is 124 Å². The number of likely N-dealkylation sites (tertiary alicyclic amines) is 1. The van der Waals surface area contributed by atoms with Crippen LogP contribution in [0.25, 0.3) is 0 Å². The molecular weight excluding hydrogens is 616 g/mol. The highest BCUT2D eigenvalue weighted by molar-refractivity contribution is 5.93. The molecule has 3 heterocycles. The Balaban J connectivity index is 1.17. The molecule has 6 rings (SSSR count). The van der Waals surface area contributed by atoms with E-state index in [2.05, 4.69) is 57.1 Å². The van der Waals surface area contributed by atoms with E-state index in [0.29, 0.717) is 13.0 Å². The summed E-state index contributed by atoms with van der Waals surface area (Å²) in [6.45, 7) is 4.54. The van der Waals surface area contributed by atoms with Gasteiger partial charge in [0.25, 0.3) is 0 Å². The highest BCUT2D eigenvalue weighted by Gasteiger charge is 2.47. The fourth-order valence-electron chi connectivity index (χ4n) is 8.46. The number of hydroxylamine groups is 1. The van der Waals surface area contributed by atoms with Crippen molar-refractivity contribution in [2.75, 3.05) is 6.54 Å². The van der Waals surface area contributed by atoms with Gasteiger partial charge in [0.2, 0.25) is 17.7 Å². The number of benzene rings is 2. The van der Waals surface area contributed by atoms with E-state index in [9.17, 15) is 14.4 Å². The number of amides is 3. The highest BCUT2D eigenvalue weighted by atomic mass is 16.7. The van der Waals surface area contributed by atoms with Crippen molar-refractivity contribution in [1.82, 2.24) is 31.6 Å². The smallest absolute Gasteiger partial charge is 0.243 e. The molecule has 5 N–H and O–H groups in total. The van der Waals surface area contributed by atoms with Gasteiger partial charge in [0.05, 0.1) is 30.8 Å². The SMILES string of the molecule is CC1CC(C(=O)N[C@@H](CC(=O)N2CCC[C@@H]2c2ccccc2)C(=O)N[C@@H](C)C2NC(Cc3ccccc3)C3(CCCCCCCC3)N2)NO1. The number of carbonyl (C=O) groups excluding carboxylic acids is 3. The summed E-state index contributed by atoms with van der Waals surface area (Å²) >= 11 is 0. The molecular formula is C39H56N6O4. The van der Waals surface area contributed by atoms with Crippen molar-refractivity contribution in [3.63, 3.8) is 0 Å². The molecule has 3 amide bonds. The Morgan fingerprint density at radius 3 is 2.27 bits per heavy atom. The summed E-state index contributed by atoms with van der Waals surface area (Å²) in [6, 6.07) is 19.0. The maximum atomic E-state index is 14.1. The normalized spacial score (nSPS) is 28.3. The molecule has 0 aromatic heterocycles. The van der Waals surface area contributed by atoms with Gasteiger partial charge in [-0.25, -0.2) is 0 Å². The molecule has 1 spiro atoms. The van der Waals surface area contributed by atoms with E-state index in [-0.39, 0.29) is 60.1 Å². The lowest BCUT2D eigenvalue weighted by Crippen LogP contribution is -2.58. The molecule has 266 valence electrons. The van der Waals surface area contributed by atoms with Gasteiger partial charge >= 0.3 is 0 Å². The number of rotatable bonds is 10. The monoisotopic (exact) mass is 672 g/mol. The molecule has 2 aromatic carbocycles. The molecule has 0 radical (unpaired) electrons. The van der Waals surface area contributed by atoms with Gasteiger partial charge in [0, 0.05) is 24.5 Å². The number of hydrogen-bond acceptors (Lipinski definition) is 7. The van der Waals surface area contributed by atoms with Crippen LogP contribution in [0.4, 0.5) is 0 Å². The fraction of sp³-hybridized carbons (Fsp3) is 0.615. The first-order valence-corrected chi connectivity index (χ1v) is 18.8. The Hall–Kier alpha value is -3.31. The van der Waals surface area contributed by atoms with Gasteiger partial charge < -0.3 is 15.5 Å². The third-order valence-corrected chi connectivity index (χ3v) is 11.2. The van der Waals surface area contributed by atoms with Crippen LogP contribution in [-0.4, -0.2) is 71.1 Å². The van der Waals surface area contributed by atoms with Crippen molar-refractivity contribution in [1.29, 1.82) is 0 Å². The lowest BCUT2D eigenvalue weighted by Gasteiger charge is -2.36. The standard InChI is InChI=1S/C39H56N6O4/c1-27-24-32(44-49-27)38(48)41-31(26-35(46)45-23-15-20-33(45)30-18-11-8-12-19-30)37(47)40-28(2)36-42-34(25-29-16-9-7-10-17-29)39(43-36)21-13-5-3-4-6-14-22-39/h7-12,16-19,27-28,31-34,36,42-44H,3-6,13-15,20-26H2,1-2H3,(H,40,47)(H,41,48)/t27?,28-,31-,32?,33+,34?,36?/m0/s1. The zero-order valence-electron chi connectivity index (χ0n) is 29.3. The first-order valence-electron chi connectivity index (χ1n) is 18.8. The van der Waals surface area contributed by atoms with E-state index < -0.39 is 12.1 Å². The Morgan fingerprint density at radius 1 is 0.918 bits per heavy atom. The molecule has 1 aliphatic carbocycles. The predicted octanol–water partition coefficient (Wildman–Crippen LogP) is 4.42. The largest absolute Gasteiger partial charge is 0.349 e. The number of carbonyl (C=O) groups is 3. The number of nitrogens with one attached hydrogen (secondary N) is 5. The quantitative estimate of drug-likeness (QED) is 0.253. The zero-order valence-corrected chi connectivity index (χ0v) is 29.3. The summed E-state index contributed by atoms with van der Waals surface area (Å²) in [5, 5.41) is 14.0. The van der Waals surface area contributed by atoms with Gasteiger partial charge in [-0.15, -0.1) is 0 Å². The molecule has 2 aromatic rings. The van der Waals surface area contributed by atoms with Crippen molar-refractivity contribution < 1.29 is 19.2 Å². The molecule has 3 saturated heterocycles. The number of nitrogens with zero attached hydrogens (tertiary/aromatic N) is 1. The van der Waals surface area contributed by atoms with Gasteiger partial charge in [-0.1, -0.05) is 99.2 Å². The Morgan fingerprint density at radius 2 is 1.59 bits per heavy atom. The van der Waals surface area contributed by atoms with E-state index in [0.717, 1.165) is 37.7 Å². The minimum absolute atomic E-state index is 0.0320. The summed E-state index contributed by atoms with van der Waals surface area (Å²) in [5.41, 5.74) is 5.11. The molecule has 4 fully saturated rings. The second-order valence-corrected chi connectivity index (χ2v) is 14.9. The van der Waals surface area contributed by atoms with Gasteiger partial charge in [0.15, 0.2) is 0 Å². The van der Waals surface area contributed by atoms with Crippen LogP contribution in [0.1, 0.15) is 108 Å². The van der Waals surface area contributed by atoms with E-state index in [1.807, 2.05) is 49.1 Å². The third-order valence-electron chi connectivity index (χ3n) is 11.2. The minimum Gasteiger partial charge on any atom is -0.349 e. The van der Waals surface area contributed by atoms with Crippen molar-refractivity contribution in [3.8, 4) is 0 Å². The molecule has 10 nitrogen and oxygen atoms in total. The fourth-order valence-corrected chi connectivity index (χ4v) is 8.46. The summed E-state index contributed by atoms with van der Waals surface area (Å²) in [5.74, 6) is -0.821. The van der Waals surface area contributed by atoms with E-state index in [1.165, 1.54) is 44.1 Å². The van der Waals surface area contributed by atoms with Crippen molar-refractivity contribution in [2.24, 2.45) is 0 Å². The molecule has 7 atom stereocenters. The zero-order chi connectivity index (χ0) is 34.2. The second-order valence-electron chi connectivity index (χ2n) is 14.9. The van der Waals surface area contributed by atoms with Gasteiger partial charge in [0.1, 0.15) is 12.1 Å². The number of hydrogen-bond donors (Lipinski definition) is 5. The predicted molar refractivity (Wildman–Crippen MR) is 190 cm³/mol. The minimum atomic E-state index is -1.02. The molecule has 4 unspecified atom stereocenters. The molecule has 0 bridgehead atoms. The van der Waals surface area contributed by atoms with Crippen LogP contribution in [0.2, 0.25) is 0 Å². The van der Waals surface area contributed by atoms with Gasteiger partial charge in [-0.2, -0.15) is 5.48 Å². The van der Waals surface area contributed by atoms with Crippen molar-refractivity contribution in [3.05, 3.63) is 71.8 Å². The maximum absolute atomic E-state index is 14.1. The van der Waals surface area contributed by atoms with Crippen molar-refractivity contribution >= 4 is 17.7 Å². The van der Waals surface area contributed by atoms with Crippen LogP contribution in [0.5, 0.6) is 0 Å². The average Bonchev–Trinajstić information content (AvgIpc) is 3.87. The van der Waals surface area contributed by atoms with Crippen LogP contribution in [0, 0.1) is 0 Å². The first-order chi connectivity index (χ1) is 23.8. The lowest BCUT2D eigenvalue weighted by molar-refractivity contribution is -0.137.